The molecule has 0 bridgehead atoms. The van der Waals surface area contributed by atoms with Crippen LogP contribution in [0.15, 0.2) is 29.1 Å². The molecule has 0 aliphatic rings. The lowest BCUT2D eigenvalue weighted by molar-refractivity contribution is -0.129. The molecule has 2 N–H and O–H groups in total. The highest BCUT2D eigenvalue weighted by molar-refractivity contribution is 6.02. The van der Waals surface area contributed by atoms with Crippen molar-refractivity contribution in [2.75, 3.05) is 6.61 Å². The number of carbonyl (C=O) groups excluding carboxylic acids is 3. The predicted molar refractivity (Wildman–Crippen MR) is 97.8 cm³/mol. The lowest BCUT2D eigenvalue weighted by Gasteiger charge is -2.11. The molecule has 0 aliphatic carbocycles. The molecule has 0 aliphatic heterocycles. The number of fused-ring (bicyclic) bond motifs is 1. The lowest BCUT2D eigenvalue weighted by atomic mass is 10.1. The second-order valence-electron chi connectivity index (χ2n) is 5.94. The van der Waals surface area contributed by atoms with Gasteiger partial charge in [-0.15, -0.1) is 0 Å². The molecule has 0 fully saturated rings. The van der Waals surface area contributed by atoms with Gasteiger partial charge in [0.05, 0.1) is 5.39 Å². The van der Waals surface area contributed by atoms with Crippen molar-refractivity contribution in [3.05, 3.63) is 40.3 Å². The second kappa shape index (κ2) is 9.46. The molecule has 0 unspecified atom stereocenters. The van der Waals surface area contributed by atoms with E-state index in [1.807, 2.05) is 6.92 Å². The van der Waals surface area contributed by atoms with E-state index in [1.165, 1.54) is 11.6 Å². The van der Waals surface area contributed by atoms with E-state index in [0.717, 1.165) is 19.3 Å². The van der Waals surface area contributed by atoms with E-state index in [9.17, 15) is 19.2 Å². The number of rotatable bonds is 7. The number of ether oxygens (including phenoxy) is 1. The summed E-state index contributed by atoms with van der Waals surface area (Å²) in [4.78, 5) is 47.3. The molecule has 0 saturated carbocycles. The Labute approximate surface area is 155 Å². The summed E-state index contributed by atoms with van der Waals surface area (Å²) in [5, 5.41) is 4.87. The van der Waals surface area contributed by atoms with Crippen molar-refractivity contribution in [1.29, 1.82) is 0 Å². The zero-order valence-corrected chi connectivity index (χ0v) is 15.3. The number of hydrogen-bond acceptors (Lipinski definition) is 6. The Morgan fingerprint density at radius 1 is 1.11 bits per heavy atom. The summed E-state index contributed by atoms with van der Waals surface area (Å²) in [6, 6.07) is 6.62. The third kappa shape index (κ3) is 5.37. The Kier molecular flexibility index (Phi) is 7.04. The Morgan fingerprint density at radius 2 is 1.81 bits per heavy atom. The van der Waals surface area contributed by atoms with Gasteiger partial charge in [-0.1, -0.05) is 38.0 Å². The SMILES string of the molecule is CCCCCn1nc(C(=O)OCC(=O)NNC(C)=O)c2ccccc2c1=O. The first kappa shape index (κ1) is 20.1. The lowest BCUT2D eigenvalue weighted by Crippen LogP contribution is -2.42. The fourth-order valence-electron chi connectivity index (χ4n) is 2.44. The van der Waals surface area contributed by atoms with Crippen LogP contribution in [-0.4, -0.2) is 34.2 Å². The molecule has 2 rings (SSSR count). The molecule has 1 aromatic carbocycles. The van der Waals surface area contributed by atoms with Gasteiger partial charge in [-0.05, 0) is 12.5 Å². The van der Waals surface area contributed by atoms with Crippen molar-refractivity contribution < 1.29 is 19.1 Å². The predicted octanol–water partition coefficient (Wildman–Crippen LogP) is 0.911. The van der Waals surface area contributed by atoms with Crippen LogP contribution in [0.4, 0.5) is 0 Å². The third-order valence-corrected chi connectivity index (χ3v) is 3.75. The van der Waals surface area contributed by atoms with Gasteiger partial charge in [-0.25, -0.2) is 9.48 Å². The summed E-state index contributed by atoms with van der Waals surface area (Å²) >= 11 is 0. The van der Waals surface area contributed by atoms with Crippen molar-refractivity contribution in [2.45, 2.75) is 39.7 Å². The maximum absolute atomic E-state index is 12.6. The minimum Gasteiger partial charge on any atom is -0.451 e. The standard InChI is InChI=1S/C18H22N4O5/c1-3-4-7-10-22-17(25)14-9-6-5-8-13(14)16(21-22)18(26)27-11-15(24)20-19-12(2)23/h5-6,8-9H,3-4,7,10-11H2,1-2H3,(H,19,23)(H,20,24). The van der Waals surface area contributed by atoms with E-state index in [2.05, 4.69) is 16.0 Å². The Bertz CT molecular complexity index is 906. The molecule has 0 radical (unpaired) electrons. The molecule has 2 aromatic rings. The average Bonchev–Trinajstić information content (AvgIpc) is 2.66. The van der Waals surface area contributed by atoms with Gasteiger partial charge >= 0.3 is 5.97 Å². The Balaban J connectivity index is 2.23. The van der Waals surface area contributed by atoms with E-state index >= 15 is 0 Å². The summed E-state index contributed by atoms with van der Waals surface area (Å²) in [5.74, 6) is -1.98. The highest BCUT2D eigenvalue weighted by Gasteiger charge is 2.19. The van der Waals surface area contributed by atoms with Crippen LogP contribution in [0, 0.1) is 0 Å². The van der Waals surface area contributed by atoms with Crippen molar-refractivity contribution in [3.63, 3.8) is 0 Å². The topological polar surface area (TPSA) is 119 Å². The van der Waals surface area contributed by atoms with E-state index in [1.54, 1.807) is 24.3 Å². The van der Waals surface area contributed by atoms with Crippen molar-refractivity contribution in [1.82, 2.24) is 20.6 Å². The highest BCUT2D eigenvalue weighted by atomic mass is 16.5. The van der Waals surface area contributed by atoms with Crippen molar-refractivity contribution in [2.24, 2.45) is 0 Å². The first-order valence-electron chi connectivity index (χ1n) is 8.66. The molecular weight excluding hydrogens is 352 g/mol. The summed E-state index contributed by atoms with van der Waals surface area (Å²) < 4.78 is 6.23. The minimum absolute atomic E-state index is 0.0333. The molecule has 27 heavy (non-hydrogen) atoms. The summed E-state index contributed by atoms with van der Waals surface area (Å²) in [6.45, 7) is 3.07. The monoisotopic (exact) mass is 374 g/mol. The van der Waals surface area contributed by atoms with E-state index in [4.69, 9.17) is 4.74 Å². The van der Waals surface area contributed by atoms with Gasteiger partial charge in [0.2, 0.25) is 5.91 Å². The van der Waals surface area contributed by atoms with Gasteiger partial charge in [-0.2, -0.15) is 5.10 Å². The number of nitrogens with zero attached hydrogens (tertiary/aromatic N) is 2. The maximum atomic E-state index is 12.6. The van der Waals surface area contributed by atoms with E-state index in [0.29, 0.717) is 17.3 Å². The second-order valence-corrected chi connectivity index (χ2v) is 5.94. The van der Waals surface area contributed by atoms with Crippen LogP contribution in [0.1, 0.15) is 43.6 Å². The number of carbonyl (C=O) groups is 3. The number of unbranched alkanes of at least 4 members (excludes halogenated alkanes) is 2. The van der Waals surface area contributed by atoms with Crippen LogP contribution in [0.2, 0.25) is 0 Å². The molecule has 9 nitrogen and oxygen atoms in total. The first-order chi connectivity index (χ1) is 12.9. The number of aromatic nitrogens is 2. The number of hydrazine groups is 1. The molecule has 0 atom stereocenters. The molecule has 1 heterocycles. The van der Waals surface area contributed by atoms with Gasteiger partial charge in [0, 0.05) is 18.9 Å². The van der Waals surface area contributed by atoms with E-state index < -0.39 is 24.4 Å². The number of esters is 1. The van der Waals surface area contributed by atoms with Crippen LogP contribution < -0.4 is 16.4 Å². The molecule has 0 spiro atoms. The number of aryl methyl sites for hydroxylation is 1. The van der Waals surface area contributed by atoms with Gasteiger partial charge in [0.25, 0.3) is 11.5 Å². The Morgan fingerprint density at radius 3 is 2.48 bits per heavy atom. The average molecular weight is 374 g/mol. The fourth-order valence-corrected chi connectivity index (χ4v) is 2.44. The largest absolute Gasteiger partial charge is 0.451 e. The maximum Gasteiger partial charge on any atom is 0.359 e. The summed E-state index contributed by atoms with van der Waals surface area (Å²) in [6.07, 6.45) is 2.68. The van der Waals surface area contributed by atoms with Crippen LogP contribution in [-0.2, 0) is 20.9 Å². The van der Waals surface area contributed by atoms with Gasteiger partial charge in [-0.3, -0.25) is 25.2 Å². The first-order valence-corrected chi connectivity index (χ1v) is 8.66. The number of nitrogens with one attached hydrogen (secondary N) is 2. The van der Waals surface area contributed by atoms with Crippen LogP contribution >= 0.6 is 0 Å². The van der Waals surface area contributed by atoms with Crippen molar-refractivity contribution >= 4 is 28.6 Å². The number of hydrogen-bond donors (Lipinski definition) is 2. The summed E-state index contributed by atoms with van der Waals surface area (Å²) in [5.41, 5.74) is 3.87. The summed E-state index contributed by atoms with van der Waals surface area (Å²) in [7, 11) is 0. The molecule has 2 amide bonds. The normalized spacial score (nSPS) is 10.4. The van der Waals surface area contributed by atoms with Crippen LogP contribution in [0.25, 0.3) is 10.8 Å². The zero-order valence-electron chi connectivity index (χ0n) is 15.3. The smallest absolute Gasteiger partial charge is 0.359 e. The zero-order chi connectivity index (χ0) is 19.8. The molecule has 0 saturated heterocycles. The fraction of sp³-hybridized carbons (Fsp3) is 0.389. The van der Waals surface area contributed by atoms with Gasteiger partial charge in [0.15, 0.2) is 12.3 Å². The third-order valence-electron chi connectivity index (χ3n) is 3.75. The molecule has 1 aromatic heterocycles. The van der Waals surface area contributed by atoms with E-state index in [-0.39, 0.29) is 11.3 Å². The van der Waals surface area contributed by atoms with Gasteiger partial charge in [0.1, 0.15) is 0 Å². The number of amides is 2. The molecule has 144 valence electrons. The van der Waals surface area contributed by atoms with Crippen LogP contribution in [0.3, 0.4) is 0 Å². The van der Waals surface area contributed by atoms with Gasteiger partial charge < -0.3 is 4.74 Å². The Hall–Kier alpha value is -3.23. The quantitative estimate of drug-likeness (QED) is 0.422. The van der Waals surface area contributed by atoms with Crippen molar-refractivity contribution in [3.8, 4) is 0 Å². The highest BCUT2D eigenvalue weighted by Crippen LogP contribution is 2.14. The molecule has 9 heteroatoms. The number of benzene rings is 1. The minimum atomic E-state index is -0.826. The molecular formula is C18H22N4O5. The van der Waals surface area contributed by atoms with Crippen LogP contribution in [0.5, 0.6) is 0 Å².